The summed E-state index contributed by atoms with van der Waals surface area (Å²) in [5.41, 5.74) is 1.21. The molecular formula is C20H19FN2O2S2. The molecule has 0 saturated carbocycles. The van der Waals surface area contributed by atoms with Crippen LogP contribution in [0.25, 0.3) is 10.2 Å². The molecule has 0 unspecified atom stereocenters. The number of hydrogen-bond acceptors (Lipinski definition) is 5. The average molecular weight is 403 g/mol. The molecule has 140 valence electrons. The number of para-hydroxylation sites is 1. The molecule has 1 aliphatic rings. The van der Waals surface area contributed by atoms with Crippen LogP contribution in [0.4, 0.5) is 9.52 Å². The smallest absolute Gasteiger partial charge is 0.260 e. The number of carbonyl (C=O) groups is 1. The van der Waals surface area contributed by atoms with E-state index >= 15 is 0 Å². The number of fused-ring (bicyclic) bond motifs is 1. The maximum atomic E-state index is 13.7. The van der Waals surface area contributed by atoms with Gasteiger partial charge >= 0.3 is 0 Å². The fourth-order valence-corrected chi connectivity index (χ4v) is 4.84. The predicted molar refractivity (Wildman–Crippen MR) is 108 cm³/mol. The lowest BCUT2D eigenvalue weighted by molar-refractivity contribution is 0.0917. The molecule has 1 saturated heterocycles. The average Bonchev–Trinajstić information content (AvgIpc) is 3.34. The fraction of sp³-hybridized carbons (Fsp3) is 0.300. The third kappa shape index (κ3) is 3.85. The number of carbonyl (C=O) groups excluding carboxylic acids is 1. The molecule has 2 aromatic carbocycles. The van der Waals surface area contributed by atoms with Gasteiger partial charge in [0.1, 0.15) is 5.82 Å². The molecule has 0 aliphatic carbocycles. The molecule has 1 atom stereocenters. The molecule has 2 heterocycles. The van der Waals surface area contributed by atoms with Crippen molar-refractivity contribution in [1.82, 2.24) is 4.98 Å². The van der Waals surface area contributed by atoms with Crippen LogP contribution in [-0.4, -0.2) is 36.4 Å². The zero-order valence-electron chi connectivity index (χ0n) is 14.9. The second-order valence-corrected chi connectivity index (χ2v) is 8.22. The van der Waals surface area contributed by atoms with Gasteiger partial charge in [0.25, 0.3) is 5.91 Å². The van der Waals surface area contributed by atoms with Crippen LogP contribution >= 0.6 is 23.1 Å². The van der Waals surface area contributed by atoms with E-state index in [0.717, 1.165) is 28.0 Å². The summed E-state index contributed by atoms with van der Waals surface area (Å²) in [6.07, 6.45) is 3.89. The molecule has 0 radical (unpaired) electrons. The maximum Gasteiger partial charge on any atom is 0.260 e. The van der Waals surface area contributed by atoms with Gasteiger partial charge < -0.3 is 4.74 Å². The summed E-state index contributed by atoms with van der Waals surface area (Å²) < 4.78 is 20.4. The second kappa shape index (κ2) is 7.96. The van der Waals surface area contributed by atoms with Crippen molar-refractivity contribution < 1.29 is 13.9 Å². The minimum Gasteiger partial charge on any atom is -0.376 e. The Morgan fingerprint density at radius 2 is 2.22 bits per heavy atom. The number of nitrogens with zero attached hydrogens (tertiary/aromatic N) is 2. The normalized spacial score (nSPS) is 16.7. The van der Waals surface area contributed by atoms with Crippen molar-refractivity contribution in [1.29, 1.82) is 0 Å². The molecule has 1 aliphatic heterocycles. The van der Waals surface area contributed by atoms with E-state index in [0.29, 0.717) is 23.8 Å². The van der Waals surface area contributed by atoms with Crippen molar-refractivity contribution in [3.05, 3.63) is 53.8 Å². The fourth-order valence-electron chi connectivity index (χ4n) is 3.21. The van der Waals surface area contributed by atoms with E-state index in [9.17, 15) is 9.18 Å². The molecule has 4 nitrogen and oxygen atoms in total. The van der Waals surface area contributed by atoms with Crippen LogP contribution in [0.5, 0.6) is 0 Å². The van der Waals surface area contributed by atoms with Crippen molar-refractivity contribution in [2.24, 2.45) is 0 Å². The van der Waals surface area contributed by atoms with Crippen LogP contribution in [0.3, 0.4) is 0 Å². The van der Waals surface area contributed by atoms with Gasteiger partial charge in [0.05, 0.1) is 22.9 Å². The number of anilines is 1. The number of benzene rings is 2. The number of amides is 1. The van der Waals surface area contributed by atoms with Crippen LogP contribution in [0.2, 0.25) is 0 Å². The van der Waals surface area contributed by atoms with E-state index in [1.807, 2.05) is 24.5 Å². The zero-order valence-corrected chi connectivity index (χ0v) is 16.5. The van der Waals surface area contributed by atoms with Gasteiger partial charge in [-0.05, 0) is 49.4 Å². The molecular weight excluding hydrogens is 383 g/mol. The van der Waals surface area contributed by atoms with E-state index in [-0.39, 0.29) is 12.0 Å². The molecule has 1 amide bonds. The Labute approximate surface area is 165 Å². The zero-order chi connectivity index (χ0) is 18.8. The topological polar surface area (TPSA) is 42.4 Å². The van der Waals surface area contributed by atoms with Gasteiger partial charge in [-0.2, -0.15) is 0 Å². The molecule has 27 heavy (non-hydrogen) atoms. The largest absolute Gasteiger partial charge is 0.376 e. The number of rotatable bonds is 5. The van der Waals surface area contributed by atoms with Crippen molar-refractivity contribution >= 4 is 44.4 Å². The van der Waals surface area contributed by atoms with E-state index in [2.05, 4.69) is 0 Å². The third-order valence-corrected chi connectivity index (χ3v) is 6.36. The van der Waals surface area contributed by atoms with Gasteiger partial charge in [-0.25, -0.2) is 9.37 Å². The van der Waals surface area contributed by atoms with Gasteiger partial charge in [-0.1, -0.05) is 23.5 Å². The lowest BCUT2D eigenvalue weighted by Gasteiger charge is -2.23. The highest BCUT2D eigenvalue weighted by Crippen LogP contribution is 2.35. The quantitative estimate of drug-likeness (QED) is 0.564. The number of hydrogen-bond donors (Lipinski definition) is 0. The van der Waals surface area contributed by atoms with E-state index in [1.54, 1.807) is 28.8 Å². The van der Waals surface area contributed by atoms with Gasteiger partial charge in [0, 0.05) is 17.1 Å². The van der Waals surface area contributed by atoms with Gasteiger partial charge in [0.15, 0.2) is 5.13 Å². The summed E-state index contributed by atoms with van der Waals surface area (Å²) in [6, 6.07) is 11.8. The van der Waals surface area contributed by atoms with Gasteiger partial charge in [-0.15, -0.1) is 11.8 Å². The van der Waals surface area contributed by atoms with Crippen LogP contribution in [-0.2, 0) is 4.74 Å². The van der Waals surface area contributed by atoms with Gasteiger partial charge in [0.2, 0.25) is 0 Å². The van der Waals surface area contributed by atoms with E-state index in [4.69, 9.17) is 9.72 Å². The Hall–Kier alpha value is -1.96. The SMILES string of the molecule is CSc1cccc2sc(N(C[C@H]3CCCO3)C(=O)c3cccc(F)c3)nc12. The highest BCUT2D eigenvalue weighted by molar-refractivity contribution is 7.98. The van der Waals surface area contributed by atoms with Crippen molar-refractivity contribution in [3.8, 4) is 0 Å². The Morgan fingerprint density at radius 1 is 1.37 bits per heavy atom. The first-order valence-corrected chi connectivity index (χ1v) is 10.8. The number of halogens is 1. The standard InChI is InChI=1S/C20H19FN2O2S2/c1-26-16-8-3-9-17-18(16)22-20(27-17)23(12-15-7-4-10-25-15)19(24)13-5-2-6-14(21)11-13/h2-3,5-6,8-9,11,15H,4,7,10,12H2,1H3/t15-/m1/s1. The molecule has 1 aromatic heterocycles. The number of ether oxygens (including phenoxy) is 1. The summed E-state index contributed by atoms with van der Waals surface area (Å²) in [6.45, 7) is 1.13. The van der Waals surface area contributed by atoms with Crippen LogP contribution in [0.1, 0.15) is 23.2 Å². The lowest BCUT2D eigenvalue weighted by atomic mass is 10.1. The summed E-state index contributed by atoms with van der Waals surface area (Å²) in [4.78, 5) is 20.6. The highest BCUT2D eigenvalue weighted by Gasteiger charge is 2.27. The summed E-state index contributed by atoms with van der Waals surface area (Å²) in [5, 5.41) is 0.622. The molecule has 7 heteroatoms. The highest BCUT2D eigenvalue weighted by atomic mass is 32.2. The van der Waals surface area contributed by atoms with Crippen molar-refractivity contribution in [2.75, 3.05) is 24.3 Å². The number of thioether (sulfide) groups is 1. The Morgan fingerprint density at radius 3 is 2.96 bits per heavy atom. The summed E-state index contributed by atoms with van der Waals surface area (Å²) >= 11 is 3.11. The molecule has 4 rings (SSSR count). The maximum absolute atomic E-state index is 13.7. The lowest BCUT2D eigenvalue weighted by Crippen LogP contribution is -2.37. The predicted octanol–water partition coefficient (Wildman–Crippen LogP) is 4.98. The summed E-state index contributed by atoms with van der Waals surface area (Å²) in [5.74, 6) is -0.679. The van der Waals surface area contributed by atoms with Crippen LogP contribution < -0.4 is 4.90 Å². The Bertz CT molecular complexity index is 970. The number of thiazole rings is 1. The Balaban J connectivity index is 1.74. The molecule has 1 fully saturated rings. The third-order valence-electron chi connectivity index (χ3n) is 4.55. The summed E-state index contributed by atoms with van der Waals surface area (Å²) in [7, 11) is 0. The monoisotopic (exact) mass is 402 g/mol. The minimum atomic E-state index is -0.424. The van der Waals surface area contributed by atoms with Crippen molar-refractivity contribution in [3.63, 3.8) is 0 Å². The first kappa shape index (κ1) is 18.4. The first-order valence-electron chi connectivity index (χ1n) is 8.78. The molecule has 0 N–H and O–H groups in total. The van der Waals surface area contributed by atoms with E-state index < -0.39 is 5.82 Å². The van der Waals surface area contributed by atoms with E-state index in [1.165, 1.54) is 23.5 Å². The Kier molecular flexibility index (Phi) is 5.43. The second-order valence-electron chi connectivity index (χ2n) is 6.36. The number of aromatic nitrogens is 1. The van der Waals surface area contributed by atoms with Crippen LogP contribution in [0, 0.1) is 5.82 Å². The van der Waals surface area contributed by atoms with Crippen molar-refractivity contribution in [2.45, 2.75) is 23.8 Å². The molecule has 0 bridgehead atoms. The first-order chi connectivity index (χ1) is 13.2. The molecule has 0 spiro atoms. The van der Waals surface area contributed by atoms with Crippen LogP contribution in [0.15, 0.2) is 47.4 Å². The van der Waals surface area contributed by atoms with Gasteiger partial charge in [-0.3, -0.25) is 9.69 Å². The minimum absolute atomic E-state index is 0.0189. The molecule has 3 aromatic rings.